The van der Waals surface area contributed by atoms with Gasteiger partial charge in [-0.2, -0.15) is 0 Å². The third-order valence-electron chi connectivity index (χ3n) is 4.57. The summed E-state index contributed by atoms with van der Waals surface area (Å²) in [4.78, 5) is 16.7. The van der Waals surface area contributed by atoms with E-state index in [1.807, 2.05) is 31.2 Å². The van der Waals surface area contributed by atoms with Crippen molar-refractivity contribution in [2.45, 2.75) is 38.0 Å². The van der Waals surface area contributed by atoms with Crippen molar-refractivity contribution in [3.8, 4) is 0 Å². The second kappa shape index (κ2) is 5.87. The molecule has 22 heavy (non-hydrogen) atoms. The van der Waals surface area contributed by atoms with Crippen molar-refractivity contribution >= 4 is 11.6 Å². The normalized spacial score (nSPS) is 16.5. The standard InChI is InChI=1S/C18H19FN2O/c1-13-6-2-3-7-14(13)18(9-4-5-10-18)17(22)21-16-8-11-20-12-15(16)19/h2-3,6-8,11-12H,4-5,9-10H2,1H3,(H,20,21,22). The Morgan fingerprint density at radius 1 is 1.23 bits per heavy atom. The average molecular weight is 298 g/mol. The maximum Gasteiger partial charge on any atom is 0.235 e. The predicted molar refractivity (Wildman–Crippen MR) is 84.1 cm³/mol. The summed E-state index contributed by atoms with van der Waals surface area (Å²) in [6.45, 7) is 2.02. The van der Waals surface area contributed by atoms with Crippen LogP contribution in [-0.2, 0) is 10.2 Å². The average Bonchev–Trinajstić information content (AvgIpc) is 3.01. The number of anilines is 1. The van der Waals surface area contributed by atoms with Crippen molar-refractivity contribution in [2.24, 2.45) is 0 Å². The Morgan fingerprint density at radius 3 is 2.64 bits per heavy atom. The van der Waals surface area contributed by atoms with Crippen LogP contribution >= 0.6 is 0 Å². The number of pyridine rings is 1. The smallest absolute Gasteiger partial charge is 0.235 e. The fourth-order valence-corrected chi connectivity index (χ4v) is 3.43. The molecular formula is C18H19FN2O. The van der Waals surface area contributed by atoms with Crippen LogP contribution in [0.4, 0.5) is 10.1 Å². The van der Waals surface area contributed by atoms with Gasteiger partial charge in [-0.15, -0.1) is 0 Å². The van der Waals surface area contributed by atoms with Crippen LogP contribution in [0.5, 0.6) is 0 Å². The first-order valence-electron chi connectivity index (χ1n) is 7.60. The van der Waals surface area contributed by atoms with E-state index in [0.29, 0.717) is 0 Å². The van der Waals surface area contributed by atoms with E-state index in [4.69, 9.17) is 0 Å². The molecule has 1 amide bonds. The van der Waals surface area contributed by atoms with Crippen LogP contribution in [0.1, 0.15) is 36.8 Å². The Balaban J connectivity index is 1.96. The van der Waals surface area contributed by atoms with Gasteiger partial charge >= 0.3 is 0 Å². The molecule has 0 radical (unpaired) electrons. The molecule has 1 fully saturated rings. The minimum absolute atomic E-state index is 0.121. The van der Waals surface area contributed by atoms with Gasteiger partial charge in [0.1, 0.15) is 0 Å². The summed E-state index contributed by atoms with van der Waals surface area (Å²) in [5.41, 5.74) is 1.80. The lowest BCUT2D eigenvalue weighted by atomic mass is 9.76. The second-order valence-corrected chi connectivity index (χ2v) is 5.91. The van der Waals surface area contributed by atoms with Crippen LogP contribution in [0.25, 0.3) is 0 Å². The molecule has 1 heterocycles. The van der Waals surface area contributed by atoms with Crippen LogP contribution in [0.15, 0.2) is 42.7 Å². The summed E-state index contributed by atoms with van der Waals surface area (Å²) in [6, 6.07) is 9.47. The van der Waals surface area contributed by atoms with E-state index < -0.39 is 11.2 Å². The van der Waals surface area contributed by atoms with Crippen LogP contribution in [0.3, 0.4) is 0 Å². The molecule has 1 aromatic carbocycles. The monoisotopic (exact) mass is 298 g/mol. The molecular weight excluding hydrogens is 279 g/mol. The molecule has 1 N–H and O–H groups in total. The maximum atomic E-state index is 13.8. The fraction of sp³-hybridized carbons (Fsp3) is 0.333. The molecule has 0 unspecified atom stereocenters. The Hall–Kier alpha value is -2.23. The lowest BCUT2D eigenvalue weighted by Gasteiger charge is -2.30. The van der Waals surface area contributed by atoms with Crippen molar-refractivity contribution in [3.63, 3.8) is 0 Å². The van der Waals surface area contributed by atoms with E-state index in [1.165, 1.54) is 12.3 Å². The third kappa shape index (κ3) is 2.49. The molecule has 1 aromatic heterocycles. The molecule has 0 saturated heterocycles. The Morgan fingerprint density at radius 2 is 1.95 bits per heavy atom. The summed E-state index contributed by atoms with van der Waals surface area (Å²) in [5, 5.41) is 2.76. The number of hydrogen-bond acceptors (Lipinski definition) is 2. The first kappa shape index (κ1) is 14.7. The Labute approximate surface area is 129 Å². The molecule has 0 aliphatic heterocycles. The summed E-state index contributed by atoms with van der Waals surface area (Å²) < 4.78 is 13.8. The van der Waals surface area contributed by atoms with Crippen molar-refractivity contribution in [1.29, 1.82) is 0 Å². The minimum Gasteiger partial charge on any atom is -0.323 e. The van der Waals surface area contributed by atoms with E-state index in [-0.39, 0.29) is 11.6 Å². The van der Waals surface area contributed by atoms with Crippen molar-refractivity contribution in [3.05, 3.63) is 59.7 Å². The SMILES string of the molecule is Cc1ccccc1C1(C(=O)Nc2ccncc2F)CCCC1. The van der Waals surface area contributed by atoms with Gasteiger partial charge in [0.15, 0.2) is 5.82 Å². The third-order valence-corrected chi connectivity index (χ3v) is 4.57. The summed E-state index contributed by atoms with van der Waals surface area (Å²) >= 11 is 0. The number of aryl methyl sites for hydroxylation is 1. The number of nitrogens with zero attached hydrogens (tertiary/aromatic N) is 1. The van der Waals surface area contributed by atoms with E-state index in [2.05, 4.69) is 10.3 Å². The highest BCUT2D eigenvalue weighted by molar-refractivity contribution is 5.99. The minimum atomic E-state index is -0.555. The molecule has 3 nitrogen and oxygen atoms in total. The van der Waals surface area contributed by atoms with Crippen LogP contribution in [0, 0.1) is 12.7 Å². The summed E-state index contributed by atoms with van der Waals surface area (Å²) in [6.07, 6.45) is 6.23. The molecule has 0 spiro atoms. The molecule has 1 saturated carbocycles. The van der Waals surface area contributed by atoms with Gasteiger partial charge in [-0.3, -0.25) is 9.78 Å². The first-order chi connectivity index (χ1) is 10.6. The van der Waals surface area contributed by atoms with Gasteiger partial charge in [0, 0.05) is 6.20 Å². The van der Waals surface area contributed by atoms with Crippen molar-refractivity contribution in [2.75, 3.05) is 5.32 Å². The van der Waals surface area contributed by atoms with Gasteiger partial charge in [-0.05, 0) is 37.0 Å². The van der Waals surface area contributed by atoms with E-state index in [1.54, 1.807) is 0 Å². The number of nitrogens with one attached hydrogen (secondary N) is 1. The Bertz CT molecular complexity index is 693. The summed E-state index contributed by atoms with van der Waals surface area (Å²) in [5.74, 6) is -0.627. The highest BCUT2D eigenvalue weighted by Gasteiger charge is 2.43. The molecule has 2 aromatic rings. The first-order valence-corrected chi connectivity index (χ1v) is 7.60. The number of aromatic nitrogens is 1. The van der Waals surface area contributed by atoms with Crippen LogP contribution < -0.4 is 5.32 Å². The molecule has 114 valence electrons. The topological polar surface area (TPSA) is 42.0 Å². The number of carbonyl (C=O) groups excluding carboxylic acids is 1. The zero-order valence-electron chi connectivity index (χ0n) is 12.6. The van der Waals surface area contributed by atoms with Gasteiger partial charge in [0.25, 0.3) is 0 Å². The largest absolute Gasteiger partial charge is 0.323 e. The van der Waals surface area contributed by atoms with Gasteiger partial charge in [0.05, 0.1) is 17.3 Å². The number of hydrogen-bond donors (Lipinski definition) is 1. The highest BCUT2D eigenvalue weighted by Crippen LogP contribution is 2.43. The lowest BCUT2D eigenvalue weighted by molar-refractivity contribution is -0.121. The van der Waals surface area contributed by atoms with E-state index >= 15 is 0 Å². The van der Waals surface area contributed by atoms with Gasteiger partial charge in [0.2, 0.25) is 5.91 Å². The molecule has 0 bridgehead atoms. The molecule has 4 heteroatoms. The van der Waals surface area contributed by atoms with E-state index in [0.717, 1.165) is 43.0 Å². The lowest BCUT2D eigenvalue weighted by Crippen LogP contribution is -2.38. The second-order valence-electron chi connectivity index (χ2n) is 5.91. The Kier molecular flexibility index (Phi) is 3.92. The number of rotatable bonds is 3. The van der Waals surface area contributed by atoms with Crippen LogP contribution in [0.2, 0.25) is 0 Å². The van der Waals surface area contributed by atoms with Crippen LogP contribution in [-0.4, -0.2) is 10.9 Å². The predicted octanol–water partition coefficient (Wildman–Crippen LogP) is 3.98. The molecule has 3 rings (SSSR count). The molecule has 1 aliphatic carbocycles. The van der Waals surface area contributed by atoms with E-state index in [9.17, 15) is 9.18 Å². The van der Waals surface area contributed by atoms with Gasteiger partial charge in [-0.1, -0.05) is 37.1 Å². The van der Waals surface area contributed by atoms with Gasteiger partial charge in [-0.25, -0.2) is 4.39 Å². The number of carbonyl (C=O) groups is 1. The summed E-state index contributed by atoms with van der Waals surface area (Å²) in [7, 11) is 0. The number of amides is 1. The number of halogens is 1. The van der Waals surface area contributed by atoms with Crippen molar-refractivity contribution < 1.29 is 9.18 Å². The number of benzene rings is 1. The maximum absolute atomic E-state index is 13.8. The zero-order valence-corrected chi connectivity index (χ0v) is 12.6. The zero-order chi connectivity index (χ0) is 15.6. The fourth-order valence-electron chi connectivity index (χ4n) is 3.43. The molecule has 0 atom stereocenters. The van der Waals surface area contributed by atoms with Gasteiger partial charge < -0.3 is 5.32 Å². The highest BCUT2D eigenvalue weighted by atomic mass is 19.1. The quantitative estimate of drug-likeness (QED) is 0.931. The molecule has 1 aliphatic rings. The van der Waals surface area contributed by atoms with Crippen molar-refractivity contribution in [1.82, 2.24) is 4.98 Å².